The average Bonchev–Trinajstić information content (AvgIpc) is 2.86. The number of hydrogen-bond acceptors (Lipinski definition) is 4. The van der Waals surface area contributed by atoms with E-state index >= 15 is 0 Å². The molecular weight excluding hydrogens is 254 g/mol. The van der Waals surface area contributed by atoms with Crippen LogP contribution >= 0.6 is 0 Å². The van der Waals surface area contributed by atoms with E-state index in [1.807, 2.05) is 48.1 Å². The molecule has 0 amide bonds. The highest BCUT2D eigenvalue weighted by Crippen LogP contribution is 2.15. The largest absolute Gasteiger partial charge is 0.465 e. The van der Waals surface area contributed by atoms with Crippen LogP contribution in [0.25, 0.3) is 0 Å². The van der Waals surface area contributed by atoms with Gasteiger partial charge in [0.15, 0.2) is 0 Å². The van der Waals surface area contributed by atoms with Crippen molar-refractivity contribution in [2.75, 3.05) is 6.61 Å². The molecule has 0 radical (unpaired) electrons. The highest BCUT2D eigenvalue weighted by atomic mass is 16.5. The Morgan fingerprint density at radius 3 is 2.75 bits per heavy atom. The third-order valence-electron chi connectivity index (χ3n) is 3.04. The van der Waals surface area contributed by atoms with Gasteiger partial charge in [0, 0.05) is 19.4 Å². The Kier molecular flexibility index (Phi) is 4.90. The van der Waals surface area contributed by atoms with E-state index in [1.54, 1.807) is 13.1 Å². The normalized spacial score (nSPS) is 12.1. The van der Waals surface area contributed by atoms with Gasteiger partial charge in [-0.15, -0.1) is 0 Å². The first kappa shape index (κ1) is 14.3. The molecule has 0 fully saturated rings. The standard InChI is InChI=1S/C15H19N3O2/c1-3-20-15(19)14(12-7-5-4-6-8-12)17-11-13-16-9-10-18(13)2/h4-10,14,17H,3,11H2,1-2H3. The number of imidazole rings is 1. The molecule has 5 nitrogen and oxygen atoms in total. The van der Waals surface area contributed by atoms with Crippen LogP contribution in [0.15, 0.2) is 42.7 Å². The zero-order valence-corrected chi connectivity index (χ0v) is 11.7. The van der Waals surface area contributed by atoms with Crippen molar-refractivity contribution < 1.29 is 9.53 Å². The van der Waals surface area contributed by atoms with Crippen molar-refractivity contribution in [1.29, 1.82) is 0 Å². The molecule has 0 bridgehead atoms. The van der Waals surface area contributed by atoms with Crippen LogP contribution in [0.2, 0.25) is 0 Å². The summed E-state index contributed by atoms with van der Waals surface area (Å²) in [7, 11) is 1.92. The molecule has 106 valence electrons. The molecule has 1 unspecified atom stereocenters. The van der Waals surface area contributed by atoms with Gasteiger partial charge in [-0.05, 0) is 12.5 Å². The molecule has 0 aliphatic heterocycles. The number of aromatic nitrogens is 2. The van der Waals surface area contributed by atoms with Crippen LogP contribution in [-0.2, 0) is 23.1 Å². The van der Waals surface area contributed by atoms with Crippen molar-refractivity contribution >= 4 is 5.97 Å². The van der Waals surface area contributed by atoms with Crippen LogP contribution in [0.5, 0.6) is 0 Å². The number of nitrogens with zero attached hydrogens (tertiary/aromatic N) is 2. The van der Waals surface area contributed by atoms with Gasteiger partial charge in [0.1, 0.15) is 11.9 Å². The minimum atomic E-state index is -0.479. The van der Waals surface area contributed by atoms with Crippen LogP contribution in [0.4, 0.5) is 0 Å². The lowest BCUT2D eigenvalue weighted by Gasteiger charge is -2.17. The van der Waals surface area contributed by atoms with Gasteiger partial charge in [0.25, 0.3) is 0 Å². The molecule has 1 heterocycles. The molecule has 2 aromatic rings. The number of esters is 1. The lowest BCUT2D eigenvalue weighted by molar-refractivity contribution is -0.145. The highest BCUT2D eigenvalue weighted by molar-refractivity contribution is 5.77. The van der Waals surface area contributed by atoms with Crippen LogP contribution in [0, 0.1) is 0 Å². The number of carbonyl (C=O) groups is 1. The molecule has 1 aromatic carbocycles. The second-order valence-corrected chi connectivity index (χ2v) is 4.43. The number of nitrogens with one attached hydrogen (secondary N) is 1. The monoisotopic (exact) mass is 273 g/mol. The van der Waals surface area contributed by atoms with E-state index in [-0.39, 0.29) is 5.97 Å². The lowest BCUT2D eigenvalue weighted by atomic mass is 10.1. The maximum atomic E-state index is 12.1. The summed E-state index contributed by atoms with van der Waals surface area (Å²) in [5.41, 5.74) is 0.889. The second-order valence-electron chi connectivity index (χ2n) is 4.43. The number of aryl methyl sites for hydroxylation is 1. The quantitative estimate of drug-likeness (QED) is 0.816. The number of rotatable bonds is 6. The van der Waals surface area contributed by atoms with Crippen molar-refractivity contribution in [2.45, 2.75) is 19.5 Å². The zero-order valence-electron chi connectivity index (χ0n) is 11.7. The minimum absolute atomic E-state index is 0.270. The predicted molar refractivity (Wildman–Crippen MR) is 75.9 cm³/mol. The SMILES string of the molecule is CCOC(=O)C(NCc1nccn1C)c1ccccc1. The third-order valence-corrected chi connectivity index (χ3v) is 3.04. The van der Waals surface area contributed by atoms with Gasteiger partial charge in [-0.3, -0.25) is 5.32 Å². The lowest BCUT2D eigenvalue weighted by Crippen LogP contribution is -2.30. The predicted octanol–water partition coefficient (Wildman–Crippen LogP) is 1.81. The smallest absolute Gasteiger partial charge is 0.327 e. The Bertz CT molecular complexity index is 551. The number of benzene rings is 1. The van der Waals surface area contributed by atoms with Crippen molar-refractivity contribution in [2.24, 2.45) is 7.05 Å². The van der Waals surface area contributed by atoms with Crippen LogP contribution in [-0.4, -0.2) is 22.1 Å². The fourth-order valence-corrected chi connectivity index (χ4v) is 1.97. The van der Waals surface area contributed by atoms with E-state index in [9.17, 15) is 4.79 Å². The van der Waals surface area contributed by atoms with Crippen LogP contribution < -0.4 is 5.32 Å². The Morgan fingerprint density at radius 2 is 2.15 bits per heavy atom. The average molecular weight is 273 g/mol. The summed E-state index contributed by atoms with van der Waals surface area (Å²) in [6.07, 6.45) is 3.61. The molecule has 0 aliphatic carbocycles. The highest BCUT2D eigenvalue weighted by Gasteiger charge is 2.21. The Labute approximate surface area is 118 Å². The first-order valence-electron chi connectivity index (χ1n) is 6.63. The summed E-state index contributed by atoms with van der Waals surface area (Å²) >= 11 is 0. The van der Waals surface area contributed by atoms with Crippen LogP contribution in [0.3, 0.4) is 0 Å². The van der Waals surface area contributed by atoms with Crippen molar-refractivity contribution in [3.8, 4) is 0 Å². The first-order valence-corrected chi connectivity index (χ1v) is 6.63. The van der Waals surface area contributed by atoms with Crippen LogP contribution in [0.1, 0.15) is 24.4 Å². The fraction of sp³-hybridized carbons (Fsp3) is 0.333. The van der Waals surface area contributed by atoms with Gasteiger partial charge in [-0.1, -0.05) is 30.3 Å². The molecule has 0 aliphatic rings. The van der Waals surface area contributed by atoms with Crippen molar-refractivity contribution in [3.05, 3.63) is 54.1 Å². The minimum Gasteiger partial charge on any atom is -0.465 e. The van der Waals surface area contributed by atoms with Crippen molar-refractivity contribution in [1.82, 2.24) is 14.9 Å². The summed E-state index contributed by atoms with van der Waals surface area (Å²) in [4.78, 5) is 16.3. The molecule has 2 rings (SSSR count). The summed E-state index contributed by atoms with van der Waals surface area (Å²) in [5.74, 6) is 0.600. The third kappa shape index (κ3) is 3.45. The second kappa shape index (κ2) is 6.86. The molecule has 0 saturated carbocycles. The molecule has 1 atom stereocenters. The zero-order chi connectivity index (χ0) is 14.4. The Hall–Kier alpha value is -2.14. The van der Waals surface area contributed by atoms with E-state index in [1.165, 1.54) is 0 Å². The Balaban J connectivity index is 2.11. The maximum Gasteiger partial charge on any atom is 0.327 e. The first-order chi connectivity index (χ1) is 9.72. The summed E-state index contributed by atoms with van der Waals surface area (Å²) in [6, 6.07) is 9.08. The number of carbonyl (C=O) groups excluding carboxylic acids is 1. The van der Waals surface area contributed by atoms with E-state index in [0.29, 0.717) is 13.2 Å². The Morgan fingerprint density at radius 1 is 1.40 bits per heavy atom. The van der Waals surface area contributed by atoms with Crippen molar-refractivity contribution in [3.63, 3.8) is 0 Å². The molecule has 0 saturated heterocycles. The fourth-order valence-electron chi connectivity index (χ4n) is 1.97. The van der Waals surface area contributed by atoms with E-state index in [4.69, 9.17) is 4.74 Å². The summed E-state index contributed by atoms with van der Waals surface area (Å²) < 4.78 is 7.05. The summed E-state index contributed by atoms with van der Waals surface area (Å²) in [5, 5.41) is 3.21. The van der Waals surface area contributed by atoms with E-state index < -0.39 is 6.04 Å². The molecular formula is C15H19N3O2. The maximum absolute atomic E-state index is 12.1. The number of ether oxygens (including phenoxy) is 1. The molecule has 20 heavy (non-hydrogen) atoms. The topological polar surface area (TPSA) is 56.1 Å². The van der Waals surface area contributed by atoms with Gasteiger partial charge < -0.3 is 9.30 Å². The summed E-state index contributed by atoms with van der Waals surface area (Å²) in [6.45, 7) is 2.67. The van der Waals surface area contributed by atoms with Gasteiger partial charge >= 0.3 is 5.97 Å². The van der Waals surface area contributed by atoms with Gasteiger partial charge in [0.05, 0.1) is 13.2 Å². The van der Waals surface area contributed by atoms with E-state index in [2.05, 4.69) is 10.3 Å². The van der Waals surface area contributed by atoms with Gasteiger partial charge in [-0.25, -0.2) is 9.78 Å². The molecule has 1 N–H and O–H groups in total. The molecule has 0 spiro atoms. The number of hydrogen-bond donors (Lipinski definition) is 1. The van der Waals surface area contributed by atoms with Gasteiger partial charge in [0.2, 0.25) is 0 Å². The van der Waals surface area contributed by atoms with Gasteiger partial charge in [-0.2, -0.15) is 0 Å². The van der Waals surface area contributed by atoms with E-state index in [0.717, 1.165) is 11.4 Å². The molecule has 1 aromatic heterocycles. The molecule has 5 heteroatoms.